The lowest BCUT2D eigenvalue weighted by Gasteiger charge is -2.20. The SMILES string of the molecule is CCCCCCCCCCCCc1cc(-c2ccc(-c3cc(CCCCCCCCCCCC)c(-c4sc(C)c5c4C(=O)N(CC(C)CCCCCCCCCC)C5=O)s3)s2)sc1C. The van der Waals surface area contributed by atoms with Gasteiger partial charge in [0.2, 0.25) is 0 Å². The molecule has 0 radical (unpaired) electrons. The number of amides is 2. The summed E-state index contributed by atoms with van der Waals surface area (Å²) < 4.78 is 0. The molecule has 0 fully saturated rings. The van der Waals surface area contributed by atoms with Gasteiger partial charge in [0, 0.05) is 40.7 Å². The van der Waals surface area contributed by atoms with Gasteiger partial charge in [-0.1, -0.05) is 195 Å². The van der Waals surface area contributed by atoms with E-state index in [9.17, 15) is 9.59 Å². The van der Waals surface area contributed by atoms with E-state index in [0.29, 0.717) is 23.6 Å². The average molecular weight is 947 g/mol. The van der Waals surface area contributed by atoms with E-state index >= 15 is 0 Å². The molecular formula is C57H87NO2S4. The van der Waals surface area contributed by atoms with Crippen LogP contribution in [0.15, 0.2) is 24.3 Å². The van der Waals surface area contributed by atoms with Crippen molar-refractivity contribution in [2.45, 2.75) is 241 Å². The maximum absolute atomic E-state index is 14.4. The molecular weight excluding hydrogens is 859 g/mol. The van der Waals surface area contributed by atoms with Crippen LogP contribution in [0, 0.1) is 19.8 Å². The van der Waals surface area contributed by atoms with Crippen molar-refractivity contribution < 1.29 is 9.59 Å². The molecule has 3 nitrogen and oxygen atoms in total. The van der Waals surface area contributed by atoms with Gasteiger partial charge in [0.25, 0.3) is 11.8 Å². The van der Waals surface area contributed by atoms with Gasteiger partial charge < -0.3 is 0 Å². The normalized spacial score (nSPS) is 13.2. The van der Waals surface area contributed by atoms with E-state index in [4.69, 9.17) is 0 Å². The smallest absolute Gasteiger partial charge is 0.263 e. The van der Waals surface area contributed by atoms with E-state index in [-0.39, 0.29) is 11.8 Å². The van der Waals surface area contributed by atoms with E-state index in [0.717, 1.165) is 29.0 Å². The van der Waals surface area contributed by atoms with Gasteiger partial charge >= 0.3 is 0 Å². The van der Waals surface area contributed by atoms with Crippen molar-refractivity contribution >= 4 is 57.2 Å². The minimum atomic E-state index is -0.0718. The first kappa shape index (κ1) is 52.9. The zero-order chi connectivity index (χ0) is 45.5. The van der Waals surface area contributed by atoms with Gasteiger partial charge in [0.15, 0.2) is 0 Å². The van der Waals surface area contributed by atoms with Crippen molar-refractivity contribution in [2.75, 3.05) is 6.54 Å². The van der Waals surface area contributed by atoms with Gasteiger partial charge in [-0.3, -0.25) is 14.5 Å². The molecule has 0 spiro atoms. The Morgan fingerprint density at radius 2 is 0.859 bits per heavy atom. The van der Waals surface area contributed by atoms with Crippen molar-refractivity contribution in [2.24, 2.45) is 5.92 Å². The Balaban J connectivity index is 1.25. The van der Waals surface area contributed by atoms with Crippen molar-refractivity contribution in [1.29, 1.82) is 0 Å². The number of unbranched alkanes of at least 4 members (excludes halogenated alkanes) is 25. The molecule has 0 saturated carbocycles. The number of carbonyl (C=O) groups is 2. The summed E-state index contributed by atoms with van der Waals surface area (Å²) in [6.45, 7) is 14.0. The van der Waals surface area contributed by atoms with Crippen LogP contribution >= 0.6 is 45.3 Å². The van der Waals surface area contributed by atoms with Crippen LogP contribution in [0.25, 0.3) is 29.3 Å². The third-order valence-electron chi connectivity index (χ3n) is 13.8. The number of nitrogens with zero attached hydrogens (tertiary/aromatic N) is 1. The Hall–Kier alpha value is -2.06. The molecule has 1 aliphatic heterocycles. The molecule has 1 atom stereocenters. The Bertz CT molecular complexity index is 1940. The summed E-state index contributed by atoms with van der Waals surface area (Å²) in [5, 5.41) is 0. The summed E-state index contributed by atoms with van der Waals surface area (Å²) in [6.07, 6.45) is 40.6. The number of aryl methyl sites for hydroxylation is 4. The number of hydrogen-bond acceptors (Lipinski definition) is 6. The standard InChI is InChI=1S/C57H87NO2S4/c1-7-10-13-16-19-22-24-27-30-33-36-46-40-50(61-44(46)5)48-38-39-49(63-48)51-41-47(37-34-31-28-25-23-20-17-14-11-8-2)54(64-51)55-53-52(45(6)62-55)56(59)58(57(53)60)42-43(4)35-32-29-26-21-18-15-12-9-3/h38-41,43H,7-37,42H2,1-6H3. The summed E-state index contributed by atoms with van der Waals surface area (Å²) in [7, 11) is 0. The first-order valence-corrected chi connectivity index (χ1v) is 29.9. The molecule has 1 unspecified atom stereocenters. The predicted molar refractivity (Wildman–Crippen MR) is 287 cm³/mol. The Morgan fingerprint density at radius 3 is 1.38 bits per heavy atom. The molecule has 0 bridgehead atoms. The molecule has 0 aromatic carbocycles. The van der Waals surface area contributed by atoms with Gasteiger partial charge in [0.05, 0.1) is 16.0 Å². The highest BCUT2D eigenvalue weighted by atomic mass is 32.1. The lowest BCUT2D eigenvalue weighted by molar-refractivity contribution is 0.0629. The number of carbonyl (C=O) groups excluding carboxylic acids is 2. The van der Waals surface area contributed by atoms with Gasteiger partial charge in [-0.25, -0.2) is 0 Å². The second-order valence-electron chi connectivity index (χ2n) is 19.5. The summed E-state index contributed by atoms with van der Waals surface area (Å²) in [5.41, 5.74) is 4.24. The first-order chi connectivity index (χ1) is 31.3. The maximum atomic E-state index is 14.4. The number of imide groups is 1. The fraction of sp³-hybridized carbons (Fsp3) is 0.684. The number of hydrogen-bond donors (Lipinski definition) is 0. The molecule has 4 aromatic rings. The maximum Gasteiger partial charge on any atom is 0.263 e. The molecule has 4 aromatic heterocycles. The minimum Gasteiger partial charge on any atom is -0.274 e. The summed E-state index contributed by atoms with van der Waals surface area (Å²) in [4.78, 5) is 40.0. The molecule has 64 heavy (non-hydrogen) atoms. The van der Waals surface area contributed by atoms with Crippen LogP contribution in [0.4, 0.5) is 0 Å². The Morgan fingerprint density at radius 1 is 0.438 bits per heavy atom. The molecule has 0 saturated heterocycles. The van der Waals surface area contributed by atoms with Crippen molar-refractivity contribution in [3.8, 4) is 29.3 Å². The monoisotopic (exact) mass is 946 g/mol. The molecule has 1 aliphatic rings. The zero-order valence-electron chi connectivity index (χ0n) is 41.4. The summed E-state index contributed by atoms with van der Waals surface area (Å²) in [6, 6.07) is 9.57. The average Bonchev–Trinajstić information content (AvgIpc) is 4.12. The lowest BCUT2D eigenvalue weighted by atomic mass is 10.0. The lowest BCUT2D eigenvalue weighted by Crippen LogP contribution is -2.34. The fourth-order valence-electron chi connectivity index (χ4n) is 9.75. The van der Waals surface area contributed by atoms with E-state index < -0.39 is 0 Å². The van der Waals surface area contributed by atoms with Crippen molar-refractivity contribution in [1.82, 2.24) is 4.90 Å². The highest BCUT2D eigenvalue weighted by Gasteiger charge is 2.42. The number of rotatable bonds is 36. The largest absolute Gasteiger partial charge is 0.274 e. The number of fused-ring (bicyclic) bond motifs is 1. The second-order valence-corrected chi connectivity index (χ2v) is 24.1. The predicted octanol–water partition coefficient (Wildman–Crippen LogP) is 20.2. The molecule has 0 N–H and O–H groups in total. The van der Waals surface area contributed by atoms with Crippen LogP contribution in [0.3, 0.4) is 0 Å². The summed E-state index contributed by atoms with van der Waals surface area (Å²) >= 11 is 7.40. The summed E-state index contributed by atoms with van der Waals surface area (Å²) in [5.74, 6) is 0.167. The molecule has 0 aliphatic carbocycles. The zero-order valence-corrected chi connectivity index (χ0v) is 44.7. The van der Waals surface area contributed by atoms with Crippen LogP contribution in [-0.2, 0) is 12.8 Å². The van der Waals surface area contributed by atoms with E-state index in [2.05, 4.69) is 65.8 Å². The Kier molecular flexibility index (Phi) is 24.5. The first-order valence-electron chi connectivity index (χ1n) is 26.6. The van der Waals surface area contributed by atoms with Crippen LogP contribution in [0.5, 0.6) is 0 Å². The van der Waals surface area contributed by atoms with Gasteiger partial charge in [-0.2, -0.15) is 0 Å². The topological polar surface area (TPSA) is 37.4 Å². The van der Waals surface area contributed by atoms with Crippen molar-refractivity contribution in [3.63, 3.8) is 0 Å². The molecule has 5 rings (SSSR count). The van der Waals surface area contributed by atoms with E-state index in [1.807, 2.05) is 34.0 Å². The van der Waals surface area contributed by atoms with Gasteiger partial charge in [-0.15, -0.1) is 45.3 Å². The van der Waals surface area contributed by atoms with Crippen LogP contribution in [-0.4, -0.2) is 23.3 Å². The van der Waals surface area contributed by atoms with Crippen LogP contribution in [0.1, 0.15) is 255 Å². The highest BCUT2D eigenvalue weighted by Crippen LogP contribution is 2.49. The van der Waals surface area contributed by atoms with Gasteiger partial charge in [0.1, 0.15) is 0 Å². The van der Waals surface area contributed by atoms with Gasteiger partial charge in [-0.05, 0) is 87.3 Å². The molecule has 2 amide bonds. The van der Waals surface area contributed by atoms with E-state index in [1.54, 1.807) is 16.2 Å². The van der Waals surface area contributed by atoms with E-state index in [1.165, 1.54) is 220 Å². The molecule has 7 heteroatoms. The quantitative estimate of drug-likeness (QED) is 0.0337. The number of thiophene rings is 4. The third-order valence-corrected chi connectivity index (χ3v) is 18.8. The fourth-order valence-corrected chi connectivity index (χ4v) is 14.5. The van der Waals surface area contributed by atoms with Crippen LogP contribution in [0.2, 0.25) is 0 Å². The minimum absolute atomic E-state index is 0.0676. The highest BCUT2D eigenvalue weighted by molar-refractivity contribution is 7.28. The molecule has 356 valence electrons. The van der Waals surface area contributed by atoms with Crippen LogP contribution < -0.4 is 0 Å². The third kappa shape index (κ3) is 16.3. The Labute approximate surface area is 407 Å². The molecule has 5 heterocycles. The van der Waals surface area contributed by atoms with Crippen molar-refractivity contribution in [3.05, 3.63) is 56.3 Å². The second kappa shape index (κ2) is 29.6.